The van der Waals surface area contributed by atoms with Gasteiger partial charge in [0.2, 0.25) is 17.7 Å². The molecule has 36 heavy (non-hydrogen) atoms. The summed E-state index contributed by atoms with van der Waals surface area (Å²) >= 11 is 0. The Kier molecular flexibility index (Phi) is 9.34. The number of nitrogens with zero attached hydrogens (tertiary/aromatic N) is 2. The second-order valence-electron chi connectivity index (χ2n) is 10.8. The topological polar surface area (TPSA) is 108 Å². The van der Waals surface area contributed by atoms with Crippen LogP contribution in [0.3, 0.4) is 0 Å². The Morgan fingerprint density at radius 3 is 2.39 bits per heavy atom. The molecule has 2 heterocycles. The molecule has 4 amide bonds. The molecule has 2 fully saturated rings. The number of likely N-dealkylation sites (tertiary alicyclic amines) is 2. The van der Waals surface area contributed by atoms with Crippen molar-refractivity contribution in [1.29, 1.82) is 0 Å². The molecule has 2 saturated heterocycles. The predicted molar refractivity (Wildman–Crippen MR) is 136 cm³/mol. The van der Waals surface area contributed by atoms with Gasteiger partial charge in [-0.1, -0.05) is 30.3 Å². The largest absolute Gasteiger partial charge is 0.444 e. The summed E-state index contributed by atoms with van der Waals surface area (Å²) in [6.07, 6.45) is 1.54. The molecule has 0 bridgehead atoms. The number of hydrogen-bond acceptors (Lipinski definition) is 5. The van der Waals surface area contributed by atoms with E-state index in [0.29, 0.717) is 32.1 Å². The first kappa shape index (κ1) is 27.5. The van der Waals surface area contributed by atoms with Gasteiger partial charge in [-0.25, -0.2) is 4.79 Å². The molecule has 9 heteroatoms. The highest BCUT2D eigenvalue weighted by Crippen LogP contribution is 2.30. The Labute approximate surface area is 213 Å². The molecule has 0 spiro atoms. The van der Waals surface area contributed by atoms with Crippen LogP contribution in [0.25, 0.3) is 0 Å². The summed E-state index contributed by atoms with van der Waals surface area (Å²) < 4.78 is 5.15. The molecule has 2 aliphatic rings. The maximum atomic E-state index is 13.1. The van der Waals surface area contributed by atoms with Crippen molar-refractivity contribution < 1.29 is 23.9 Å². The molecule has 2 N–H and O–H groups in total. The zero-order valence-corrected chi connectivity index (χ0v) is 21.9. The Balaban J connectivity index is 1.35. The lowest BCUT2D eigenvalue weighted by Gasteiger charge is -2.33. The van der Waals surface area contributed by atoms with Gasteiger partial charge >= 0.3 is 6.09 Å². The SMILES string of the molecule is CC(c1ccccc1)N1CC(C(=O)N2CCC(CNC(=O)CCNC(=O)OC(C)(C)C)CC2)CC1=O. The molecule has 9 nitrogen and oxygen atoms in total. The van der Waals surface area contributed by atoms with Gasteiger partial charge in [0.15, 0.2) is 0 Å². The van der Waals surface area contributed by atoms with E-state index in [1.54, 1.807) is 20.8 Å². The lowest BCUT2D eigenvalue weighted by Crippen LogP contribution is -2.44. The van der Waals surface area contributed by atoms with Gasteiger partial charge in [0.25, 0.3) is 0 Å². The molecule has 3 rings (SSSR count). The van der Waals surface area contributed by atoms with Crippen LogP contribution in [0.2, 0.25) is 0 Å². The van der Waals surface area contributed by atoms with Crippen LogP contribution in [0.4, 0.5) is 4.79 Å². The maximum absolute atomic E-state index is 13.1. The Morgan fingerprint density at radius 2 is 1.75 bits per heavy atom. The number of piperidine rings is 1. The number of carbonyl (C=O) groups is 4. The van der Waals surface area contributed by atoms with Crippen LogP contribution in [0.1, 0.15) is 65.0 Å². The zero-order chi connectivity index (χ0) is 26.3. The second-order valence-corrected chi connectivity index (χ2v) is 10.8. The van der Waals surface area contributed by atoms with Crippen LogP contribution in [0, 0.1) is 11.8 Å². The minimum absolute atomic E-state index is 0.0310. The van der Waals surface area contributed by atoms with Gasteiger partial charge < -0.3 is 25.2 Å². The number of alkyl carbamates (subject to hydrolysis) is 1. The number of amides is 4. The fourth-order valence-corrected chi connectivity index (χ4v) is 4.74. The molecule has 198 valence electrons. The Bertz CT molecular complexity index is 922. The minimum Gasteiger partial charge on any atom is -0.444 e. The van der Waals surface area contributed by atoms with Crippen molar-refractivity contribution in [2.24, 2.45) is 11.8 Å². The first-order chi connectivity index (χ1) is 17.0. The monoisotopic (exact) mass is 500 g/mol. The number of rotatable bonds is 8. The molecule has 0 aromatic heterocycles. The van der Waals surface area contributed by atoms with Crippen molar-refractivity contribution in [2.45, 2.75) is 65.0 Å². The summed E-state index contributed by atoms with van der Waals surface area (Å²) in [5.74, 6) is -0.0269. The molecular weight excluding hydrogens is 460 g/mol. The van der Waals surface area contributed by atoms with Crippen molar-refractivity contribution in [3.05, 3.63) is 35.9 Å². The highest BCUT2D eigenvalue weighted by atomic mass is 16.6. The van der Waals surface area contributed by atoms with Crippen LogP contribution in [0.15, 0.2) is 30.3 Å². The Hall–Kier alpha value is -3.10. The average molecular weight is 501 g/mol. The lowest BCUT2D eigenvalue weighted by molar-refractivity contribution is -0.137. The molecule has 0 aliphatic carbocycles. The van der Waals surface area contributed by atoms with E-state index in [1.807, 2.05) is 47.1 Å². The normalized spacial score (nSPS) is 19.7. The van der Waals surface area contributed by atoms with Crippen molar-refractivity contribution in [1.82, 2.24) is 20.4 Å². The molecular formula is C27H40N4O5. The van der Waals surface area contributed by atoms with Gasteiger partial charge in [-0.2, -0.15) is 0 Å². The van der Waals surface area contributed by atoms with Crippen molar-refractivity contribution in [3.8, 4) is 0 Å². The fourth-order valence-electron chi connectivity index (χ4n) is 4.74. The summed E-state index contributed by atoms with van der Waals surface area (Å²) in [5.41, 5.74) is 0.498. The van der Waals surface area contributed by atoms with E-state index >= 15 is 0 Å². The van der Waals surface area contributed by atoms with Gasteiger partial charge in [0.1, 0.15) is 5.60 Å². The highest BCUT2D eigenvalue weighted by molar-refractivity contribution is 5.89. The second kappa shape index (κ2) is 12.2. The first-order valence-corrected chi connectivity index (χ1v) is 12.9. The van der Waals surface area contributed by atoms with Crippen LogP contribution >= 0.6 is 0 Å². The molecule has 0 radical (unpaired) electrons. The number of benzene rings is 1. The summed E-state index contributed by atoms with van der Waals surface area (Å²) in [6, 6.07) is 9.84. The number of hydrogen-bond donors (Lipinski definition) is 2. The van der Waals surface area contributed by atoms with E-state index in [0.717, 1.165) is 18.4 Å². The average Bonchev–Trinajstić information content (AvgIpc) is 3.23. The van der Waals surface area contributed by atoms with E-state index in [9.17, 15) is 19.2 Å². The smallest absolute Gasteiger partial charge is 0.407 e. The van der Waals surface area contributed by atoms with E-state index in [-0.39, 0.29) is 49.1 Å². The molecule has 2 atom stereocenters. The summed E-state index contributed by atoms with van der Waals surface area (Å²) in [5, 5.41) is 5.51. The zero-order valence-electron chi connectivity index (χ0n) is 21.9. The molecule has 1 aromatic carbocycles. The lowest BCUT2D eigenvalue weighted by atomic mass is 9.95. The predicted octanol–water partition coefficient (Wildman–Crippen LogP) is 2.87. The van der Waals surface area contributed by atoms with Gasteiger partial charge in [-0.15, -0.1) is 0 Å². The van der Waals surface area contributed by atoms with Crippen LogP contribution < -0.4 is 10.6 Å². The van der Waals surface area contributed by atoms with Gasteiger partial charge in [-0.3, -0.25) is 14.4 Å². The molecule has 2 aliphatic heterocycles. The minimum atomic E-state index is -0.574. The highest BCUT2D eigenvalue weighted by Gasteiger charge is 2.39. The van der Waals surface area contributed by atoms with E-state index in [1.165, 1.54) is 0 Å². The first-order valence-electron chi connectivity index (χ1n) is 12.9. The summed E-state index contributed by atoms with van der Waals surface area (Å²) in [7, 11) is 0. The molecule has 1 aromatic rings. The quantitative estimate of drug-likeness (QED) is 0.571. The van der Waals surface area contributed by atoms with Crippen molar-refractivity contribution >= 4 is 23.8 Å². The number of carbonyl (C=O) groups excluding carboxylic acids is 4. The van der Waals surface area contributed by atoms with Crippen LogP contribution in [-0.2, 0) is 19.1 Å². The summed E-state index contributed by atoms with van der Waals surface area (Å²) in [6.45, 7) is 9.86. The summed E-state index contributed by atoms with van der Waals surface area (Å²) in [4.78, 5) is 53.2. The van der Waals surface area contributed by atoms with E-state index in [2.05, 4.69) is 10.6 Å². The maximum Gasteiger partial charge on any atom is 0.407 e. The van der Waals surface area contributed by atoms with E-state index in [4.69, 9.17) is 4.74 Å². The van der Waals surface area contributed by atoms with Gasteiger partial charge in [0.05, 0.1) is 12.0 Å². The Morgan fingerprint density at radius 1 is 1.08 bits per heavy atom. The van der Waals surface area contributed by atoms with Gasteiger partial charge in [0, 0.05) is 45.6 Å². The van der Waals surface area contributed by atoms with Gasteiger partial charge in [-0.05, 0) is 52.0 Å². The molecule has 0 saturated carbocycles. The molecule has 2 unspecified atom stereocenters. The van der Waals surface area contributed by atoms with Crippen LogP contribution in [0.5, 0.6) is 0 Å². The number of nitrogens with one attached hydrogen (secondary N) is 2. The van der Waals surface area contributed by atoms with Crippen molar-refractivity contribution in [3.63, 3.8) is 0 Å². The third kappa shape index (κ3) is 7.96. The third-order valence-electron chi connectivity index (χ3n) is 6.79. The van der Waals surface area contributed by atoms with Crippen LogP contribution in [-0.4, -0.2) is 71.9 Å². The van der Waals surface area contributed by atoms with E-state index < -0.39 is 11.7 Å². The third-order valence-corrected chi connectivity index (χ3v) is 6.79. The standard InChI is InChI=1S/C27H40N4O5/c1-19(21-8-6-5-7-9-21)31-18-22(16-24(31)33)25(34)30-14-11-20(12-15-30)17-29-23(32)10-13-28-26(35)36-27(2,3)4/h5-9,19-20,22H,10-18H2,1-4H3,(H,28,35)(H,29,32). The fraction of sp³-hybridized carbons (Fsp3) is 0.630. The van der Waals surface area contributed by atoms with Crippen molar-refractivity contribution in [2.75, 3.05) is 32.7 Å². The number of ether oxygens (including phenoxy) is 1.